The number of aliphatic hydroxyl groups is 1. The van der Waals surface area contributed by atoms with Gasteiger partial charge in [0, 0.05) is 30.8 Å². The predicted molar refractivity (Wildman–Crippen MR) is 95.8 cm³/mol. The van der Waals surface area contributed by atoms with Gasteiger partial charge in [0.05, 0.1) is 16.7 Å². The molecule has 0 saturated carbocycles. The molecule has 3 heterocycles. The van der Waals surface area contributed by atoms with Crippen molar-refractivity contribution in [3.05, 3.63) is 58.7 Å². The SMILES string of the molecule is CC(CCO)c1ccnc(-n2cc(-c3ccnc(N)c3[N+](=O)[O-])cn2)c1. The van der Waals surface area contributed by atoms with E-state index in [0.29, 0.717) is 23.4 Å². The zero-order valence-corrected chi connectivity index (χ0v) is 14.1. The smallest absolute Gasteiger partial charge is 0.319 e. The molecule has 1 unspecified atom stereocenters. The Morgan fingerprint density at radius 2 is 2.12 bits per heavy atom. The maximum Gasteiger partial charge on any atom is 0.319 e. The molecule has 3 N–H and O–H groups in total. The van der Waals surface area contributed by atoms with E-state index in [4.69, 9.17) is 10.8 Å². The average Bonchev–Trinajstić information content (AvgIpc) is 3.11. The third-order valence-electron chi connectivity index (χ3n) is 4.16. The van der Waals surface area contributed by atoms with E-state index >= 15 is 0 Å². The molecule has 3 rings (SSSR count). The van der Waals surface area contributed by atoms with Crippen LogP contribution in [0.5, 0.6) is 0 Å². The first-order chi connectivity index (χ1) is 12.5. The second-order valence-corrected chi connectivity index (χ2v) is 5.88. The van der Waals surface area contributed by atoms with E-state index in [1.54, 1.807) is 17.1 Å². The van der Waals surface area contributed by atoms with Crippen molar-refractivity contribution in [2.45, 2.75) is 19.3 Å². The fourth-order valence-electron chi connectivity index (χ4n) is 2.71. The highest BCUT2D eigenvalue weighted by molar-refractivity contribution is 5.78. The van der Waals surface area contributed by atoms with Gasteiger partial charge in [-0.05, 0) is 36.1 Å². The van der Waals surface area contributed by atoms with Crippen LogP contribution in [-0.2, 0) is 0 Å². The second-order valence-electron chi connectivity index (χ2n) is 5.88. The first kappa shape index (κ1) is 17.5. The topological polar surface area (TPSA) is 133 Å². The Morgan fingerprint density at radius 3 is 2.85 bits per heavy atom. The summed E-state index contributed by atoms with van der Waals surface area (Å²) in [6, 6.07) is 5.30. The van der Waals surface area contributed by atoms with E-state index in [-0.39, 0.29) is 24.0 Å². The van der Waals surface area contributed by atoms with Crippen LogP contribution in [0.25, 0.3) is 16.9 Å². The molecule has 0 spiro atoms. The first-order valence-electron chi connectivity index (χ1n) is 8.02. The third kappa shape index (κ3) is 3.38. The maximum absolute atomic E-state index is 11.3. The van der Waals surface area contributed by atoms with Gasteiger partial charge in [0.25, 0.3) is 0 Å². The number of aromatic nitrogens is 4. The molecular formula is C17H18N6O3. The number of anilines is 1. The quantitative estimate of drug-likeness (QED) is 0.512. The van der Waals surface area contributed by atoms with Gasteiger partial charge in [-0.3, -0.25) is 10.1 Å². The van der Waals surface area contributed by atoms with Crippen molar-refractivity contribution in [2.24, 2.45) is 0 Å². The van der Waals surface area contributed by atoms with E-state index in [0.717, 1.165) is 5.56 Å². The number of hydrogen-bond donors (Lipinski definition) is 2. The summed E-state index contributed by atoms with van der Waals surface area (Å²) in [6.07, 6.45) is 6.92. The van der Waals surface area contributed by atoms with E-state index in [9.17, 15) is 10.1 Å². The number of nitrogens with two attached hydrogens (primary N) is 1. The van der Waals surface area contributed by atoms with Crippen LogP contribution in [0.15, 0.2) is 43.0 Å². The summed E-state index contributed by atoms with van der Waals surface area (Å²) in [5, 5.41) is 24.7. The van der Waals surface area contributed by atoms with Gasteiger partial charge in [-0.2, -0.15) is 5.10 Å². The van der Waals surface area contributed by atoms with E-state index in [1.807, 2.05) is 19.1 Å². The summed E-state index contributed by atoms with van der Waals surface area (Å²) in [5.74, 6) is 0.624. The highest BCUT2D eigenvalue weighted by atomic mass is 16.6. The minimum atomic E-state index is -0.551. The number of hydrogen-bond acceptors (Lipinski definition) is 7. The molecule has 9 nitrogen and oxygen atoms in total. The van der Waals surface area contributed by atoms with Gasteiger partial charge in [-0.25, -0.2) is 14.6 Å². The predicted octanol–water partition coefficient (Wildman–Crippen LogP) is 2.31. The molecule has 0 fully saturated rings. The molecule has 0 amide bonds. The van der Waals surface area contributed by atoms with Crippen LogP contribution >= 0.6 is 0 Å². The van der Waals surface area contributed by atoms with Crippen molar-refractivity contribution in [1.29, 1.82) is 0 Å². The van der Waals surface area contributed by atoms with Crippen LogP contribution < -0.4 is 5.73 Å². The molecule has 1 atom stereocenters. The molecule has 0 bridgehead atoms. The first-order valence-corrected chi connectivity index (χ1v) is 8.02. The summed E-state index contributed by atoms with van der Waals surface area (Å²) in [5.41, 5.74) is 7.32. The summed E-state index contributed by atoms with van der Waals surface area (Å²) in [6.45, 7) is 2.13. The molecule has 0 radical (unpaired) electrons. The van der Waals surface area contributed by atoms with Gasteiger partial charge in [0.1, 0.15) is 0 Å². The molecule has 26 heavy (non-hydrogen) atoms. The average molecular weight is 354 g/mol. The lowest BCUT2D eigenvalue weighted by Crippen LogP contribution is -2.02. The van der Waals surface area contributed by atoms with Crippen molar-refractivity contribution >= 4 is 11.5 Å². The molecule has 0 aliphatic rings. The van der Waals surface area contributed by atoms with Crippen LogP contribution in [0.4, 0.5) is 11.5 Å². The van der Waals surface area contributed by atoms with Gasteiger partial charge in [-0.15, -0.1) is 0 Å². The van der Waals surface area contributed by atoms with Crippen molar-refractivity contribution in [3.8, 4) is 16.9 Å². The van der Waals surface area contributed by atoms with Crippen molar-refractivity contribution in [3.63, 3.8) is 0 Å². The molecule has 0 aliphatic carbocycles. The van der Waals surface area contributed by atoms with Crippen LogP contribution in [0.2, 0.25) is 0 Å². The number of nitrogen functional groups attached to an aromatic ring is 1. The number of pyridine rings is 2. The van der Waals surface area contributed by atoms with Gasteiger partial charge >= 0.3 is 5.69 Å². The zero-order valence-electron chi connectivity index (χ0n) is 14.1. The standard InChI is InChI=1S/C17H18N6O3/c1-11(4-7-24)12-2-5-19-15(8-12)22-10-13(9-21-22)14-3-6-20-17(18)16(14)23(25)26/h2-3,5-6,8-11,24H,4,7H2,1H3,(H2,18,20). The fourth-order valence-corrected chi connectivity index (χ4v) is 2.71. The largest absolute Gasteiger partial charge is 0.396 e. The molecular weight excluding hydrogens is 336 g/mol. The number of rotatable bonds is 6. The lowest BCUT2D eigenvalue weighted by molar-refractivity contribution is -0.383. The van der Waals surface area contributed by atoms with Crippen LogP contribution in [0, 0.1) is 10.1 Å². The summed E-state index contributed by atoms with van der Waals surface area (Å²) in [4.78, 5) is 18.8. The van der Waals surface area contributed by atoms with Crippen LogP contribution in [0.3, 0.4) is 0 Å². The van der Waals surface area contributed by atoms with E-state index < -0.39 is 4.92 Å². The van der Waals surface area contributed by atoms with Crippen LogP contribution in [-0.4, -0.2) is 36.4 Å². The molecule has 0 aliphatic heterocycles. The maximum atomic E-state index is 11.3. The summed E-state index contributed by atoms with van der Waals surface area (Å²) in [7, 11) is 0. The second kappa shape index (κ2) is 7.28. The fraction of sp³-hybridized carbons (Fsp3) is 0.235. The number of nitro groups is 1. The highest BCUT2D eigenvalue weighted by Crippen LogP contribution is 2.33. The van der Waals surface area contributed by atoms with Gasteiger partial charge in [0.2, 0.25) is 5.82 Å². The number of nitrogens with zero attached hydrogens (tertiary/aromatic N) is 5. The monoisotopic (exact) mass is 354 g/mol. The lowest BCUT2D eigenvalue weighted by atomic mass is 9.99. The van der Waals surface area contributed by atoms with E-state index in [1.165, 1.54) is 18.5 Å². The van der Waals surface area contributed by atoms with Gasteiger partial charge in [-0.1, -0.05) is 6.92 Å². The molecule has 134 valence electrons. The molecule has 3 aromatic rings. The van der Waals surface area contributed by atoms with Crippen molar-refractivity contribution in [1.82, 2.24) is 19.7 Å². The molecule has 9 heteroatoms. The minimum absolute atomic E-state index is 0.109. The normalized spacial score (nSPS) is 12.1. The Kier molecular flexibility index (Phi) is 4.90. The molecule has 0 saturated heterocycles. The minimum Gasteiger partial charge on any atom is -0.396 e. The Hall–Kier alpha value is -3.33. The summed E-state index contributed by atoms with van der Waals surface area (Å²) >= 11 is 0. The zero-order chi connectivity index (χ0) is 18.7. The Bertz CT molecular complexity index is 940. The Morgan fingerprint density at radius 1 is 1.35 bits per heavy atom. The van der Waals surface area contributed by atoms with Gasteiger partial charge in [0.15, 0.2) is 5.82 Å². The van der Waals surface area contributed by atoms with Crippen molar-refractivity contribution in [2.75, 3.05) is 12.3 Å². The van der Waals surface area contributed by atoms with Crippen LogP contribution in [0.1, 0.15) is 24.8 Å². The Labute approximate surface area is 149 Å². The molecule has 0 aromatic carbocycles. The van der Waals surface area contributed by atoms with Crippen molar-refractivity contribution < 1.29 is 10.0 Å². The highest BCUT2D eigenvalue weighted by Gasteiger charge is 2.21. The van der Waals surface area contributed by atoms with E-state index in [2.05, 4.69) is 15.1 Å². The number of aliphatic hydroxyl groups excluding tert-OH is 1. The molecule has 3 aromatic heterocycles. The van der Waals surface area contributed by atoms with Gasteiger partial charge < -0.3 is 10.8 Å². The third-order valence-corrected chi connectivity index (χ3v) is 4.16. The Balaban J connectivity index is 1.98. The summed E-state index contributed by atoms with van der Waals surface area (Å²) < 4.78 is 1.55. The lowest BCUT2D eigenvalue weighted by Gasteiger charge is -2.11.